The van der Waals surface area contributed by atoms with E-state index < -0.39 is 11.8 Å². The number of nitrogens with two attached hydrogens (primary N) is 1. The molecule has 0 heterocycles. The molecule has 3 rings (SSSR count). The number of nitrogens with one attached hydrogen (secondary N) is 2. The molecule has 0 bridgehead atoms. The molecule has 9 nitrogen and oxygen atoms in total. The summed E-state index contributed by atoms with van der Waals surface area (Å²) < 4.78 is 15.9. The lowest BCUT2D eigenvalue weighted by molar-refractivity contribution is -0.120. The van der Waals surface area contributed by atoms with E-state index in [9.17, 15) is 14.4 Å². The summed E-state index contributed by atoms with van der Waals surface area (Å²) in [4.78, 5) is 36.3. The van der Waals surface area contributed by atoms with E-state index in [2.05, 4.69) is 10.6 Å². The summed E-state index contributed by atoms with van der Waals surface area (Å²) in [5.74, 6) is -0.832. The van der Waals surface area contributed by atoms with E-state index in [-0.39, 0.29) is 41.4 Å². The minimum Gasteiger partial charge on any atom is -0.493 e. The molecule has 0 aliphatic heterocycles. The maximum atomic E-state index is 12.9. The van der Waals surface area contributed by atoms with Crippen molar-refractivity contribution in [3.8, 4) is 17.2 Å². The average Bonchev–Trinajstić information content (AvgIpc) is 3.55. The van der Waals surface area contributed by atoms with Crippen molar-refractivity contribution < 1.29 is 28.6 Å². The highest BCUT2D eigenvalue weighted by Gasteiger charge is 2.25. The van der Waals surface area contributed by atoms with Crippen LogP contribution in [-0.2, 0) is 4.79 Å². The first kappa shape index (κ1) is 21.0. The fourth-order valence-electron chi connectivity index (χ4n) is 2.77. The summed E-state index contributed by atoms with van der Waals surface area (Å²) in [5, 5.41) is 5.65. The highest BCUT2D eigenvalue weighted by atomic mass is 16.5. The number of amides is 3. The summed E-state index contributed by atoms with van der Waals surface area (Å²) >= 11 is 0. The van der Waals surface area contributed by atoms with Crippen molar-refractivity contribution in [2.75, 3.05) is 26.1 Å². The lowest BCUT2D eigenvalue weighted by Crippen LogP contribution is -2.27. The lowest BCUT2D eigenvalue weighted by Gasteiger charge is -2.16. The second kappa shape index (κ2) is 9.17. The molecule has 9 heteroatoms. The number of hydrogen-bond donors (Lipinski definition) is 3. The highest BCUT2D eigenvalue weighted by molar-refractivity contribution is 6.09. The molecule has 0 atom stereocenters. The number of carbonyl (C=O) groups excluding carboxylic acids is 3. The van der Waals surface area contributed by atoms with Crippen molar-refractivity contribution in [1.82, 2.24) is 5.32 Å². The van der Waals surface area contributed by atoms with E-state index in [1.165, 1.54) is 26.4 Å². The van der Waals surface area contributed by atoms with Gasteiger partial charge >= 0.3 is 0 Å². The Morgan fingerprint density at radius 3 is 2.23 bits per heavy atom. The van der Waals surface area contributed by atoms with Gasteiger partial charge in [-0.15, -0.1) is 0 Å². The minimum absolute atomic E-state index is 0.152. The molecule has 1 fully saturated rings. The molecule has 0 unspecified atom stereocenters. The maximum absolute atomic E-state index is 12.9. The van der Waals surface area contributed by atoms with Crippen LogP contribution in [0.15, 0.2) is 36.4 Å². The second-order valence-electron chi connectivity index (χ2n) is 6.71. The molecule has 2 aromatic carbocycles. The Bertz CT molecular complexity index is 946. The summed E-state index contributed by atoms with van der Waals surface area (Å²) in [7, 11) is 2.79. The van der Waals surface area contributed by atoms with Gasteiger partial charge in [0, 0.05) is 11.6 Å². The number of ether oxygens (including phenoxy) is 3. The first-order chi connectivity index (χ1) is 14.4. The Balaban J connectivity index is 1.85. The first-order valence-electron chi connectivity index (χ1n) is 9.31. The molecule has 0 spiro atoms. The molecule has 1 saturated carbocycles. The van der Waals surface area contributed by atoms with Gasteiger partial charge in [0.2, 0.25) is 5.75 Å². The van der Waals surface area contributed by atoms with Crippen molar-refractivity contribution in [1.29, 1.82) is 0 Å². The van der Waals surface area contributed by atoms with Crippen LogP contribution >= 0.6 is 0 Å². The molecule has 0 radical (unpaired) electrons. The third-order valence-electron chi connectivity index (χ3n) is 4.41. The fraction of sp³-hybridized carbons (Fsp3) is 0.286. The largest absolute Gasteiger partial charge is 0.493 e. The fourth-order valence-corrected chi connectivity index (χ4v) is 2.77. The van der Waals surface area contributed by atoms with Crippen LogP contribution in [-0.4, -0.2) is 44.6 Å². The van der Waals surface area contributed by atoms with Gasteiger partial charge in [0.25, 0.3) is 17.7 Å². The van der Waals surface area contributed by atoms with Gasteiger partial charge in [0.1, 0.15) is 0 Å². The Labute approximate surface area is 173 Å². The number of primary amides is 1. The van der Waals surface area contributed by atoms with E-state index in [1.54, 1.807) is 24.3 Å². The third-order valence-corrected chi connectivity index (χ3v) is 4.41. The van der Waals surface area contributed by atoms with Crippen molar-refractivity contribution in [3.05, 3.63) is 47.5 Å². The molecular formula is C21H23N3O6. The average molecular weight is 413 g/mol. The van der Waals surface area contributed by atoms with Crippen LogP contribution in [0.1, 0.15) is 33.6 Å². The Hall–Kier alpha value is -3.75. The van der Waals surface area contributed by atoms with Gasteiger partial charge in [0.05, 0.1) is 25.5 Å². The molecule has 0 aromatic heterocycles. The number of benzene rings is 2. The van der Waals surface area contributed by atoms with Gasteiger partial charge < -0.3 is 30.6 Å². The third kappa shape index (κ3) is 4.99. The van der Waals surface area contributed by atoms with Crippen LogP contribution in [0.2, 0.25) is 0 Å². The molecule has 158 valence electrons. The molecule has 30 heavy (non-hydrogen) atoms. The van der Waals surface area contributed by atoms with Gasteiger partial charge in [0.15, 0.2) is 18.1 Å². The monoisotopic (exact) mass is 413 g/mol. The van der Waals surface area contributed by atoms with Gasteiger partial charge in [-0.1, -0.05) is 12.1 Å². The molecule has 2 aromatic rings. The van der Waals surface area contributed by atoms with Gasteiger partial charge in [-0.25, -0.2) is 0 Å². The zero-order chi connectivity index (χ0) is 21.7. The Kier molecular flexibility index (Phi) is 6.41. The van der Waals surface area contributed by atoms with Crippen LogP contribution in [0, 0.1) is 0 Å². The van der Waals surface area contributed by atoms with Crippen molar-refractivity contribution in [3.63, 3.8) is 0 Å². The molecule has 4 N–H and O–H groups in total. The van der Waals surface area contributed by atoms with Crippen molar-refractivity contribution in [2.24, 2.45) is 5.73 Å². The number of rotatable bonds is 9. The van der Waals surface area contributed by atoms with Gasteiger partial charge in [-0.2, -0.15) is 0 Å². The number of hydrogen-bond acceptors (Lipinski definition) is 6. The predicted octanol–water partition coefficient (Wildman–Crippen LogP) is 1.71. The summed E-state index contributed by atoms with van der Waals surface area (Å²) in [6, 6.07) is 9.85. The Morgan fingerprint density at radius 2 is 1.67 bits per heavy atom. The quantitative estimate of drug-likeness (QED) is 0.574. The normalized spacial score (nSPS) is 12.6. The smallest absolute Gasteiger partial charge is 0.255 e. The van der Waals surface area contributed by atoms with Crippen molar-refractivity contribution >= 4 is 23.4 Å². The van der Waals surface area contributed by atoms with E-state index >= 15 is 0 Å². The van der Waals surface area contributed by atoms with Crippen LogP contribution < -0.4 is 30.6 Å². The van der Waals surface area contributed by atoms with Crippen LogP contribution in [0.4, 0.5) is 5.69 Å². The number of carbonyl (C=O) groups is 3. The predicted molar refractivity (Wildman–Crippen MR) is 109 cm³/mol. The van der Waals surface area contributed by atoms with Crippen molar-refractivity contribution in [2.45, 2.75) is 18.9 Å². The van der Waals surface area contributed by atoms with Crippen LogP contribution in [0.25, 0.3) is 0 Å². The number of anilines is 1. The SMILES string of the molecule is COc1cc(C(=O)Nc2ccccc2C(=O)NC2CC2)cc(OC)c1OCC(N)=O. The maximum Gasteiger partial charge on any atom is 0.255 e. The summed E-state index contributed by atoms with van der Waals surface area (Å²) in [6.45, 7) is -0.373. The van der Waals surface area contributed by atoms with E-state index in [0.29, 0.717) is 11.3 Å². The van der Waals surface area contributed by atoms with E-state index in [0.717, 1.165) is 12.8 Å². The van der Waals surface area contributed by atoms with Gasteiger partial charge in [-0.05, 0) is 37.1 Å². The summed E-state index contributed by atoms with van der Waals surface area (Å²) in [5.41, 5.74) is 6.09. The van der Waals surface area contributed by atoms with E-state index in [1.807, 2.05) is 0 Å². The van der Waals surface area contributed by atoms with E-state index in [4.69, 9.17) is 19.9 Å². The second-order valence-corrected chi connectivity index (χ2v) is 6.71. The molecular weight excluding hydrogens is 390 g/mol. The minimum atomic E-state index is -0.665. The summed E-state index contributed by atoms with van der Waals surface area (Å²) in [6.07, 6.45) is 1.92. The number of methoxy groups -OCH3 is 2. The van der Waals surface area contributed by atoms with Gasteiger partial charge in [-0.3, -0.25) is 14.4 Å². The highest BCUT2D eigenvalue weighted by Crippen LogP contribution is 2.38. The molecule has 1 aliphatic rings. The Morgan fingerprint density at radius 1 is 1.03 bits per heavy atom. The number of para-hydroxylation sites is 1. The molecule has 3 amide bonds. The zero-order valence-electron chi connectivity index (χ0n) is 16.7. The zero-order valence-corrected chi connectivity index (χ0v) is 16.7. The topological polar surface area (TPSA) is 129 Å². The molecule has 0 saturated heterocycles. The van der Waals surface area contributed by atoms with Crippen LogP contribution in [0.5, 0.6) is 17.2 Å². The van der Waals surface area contributed by atoms with Crippen LogP contribution in [0.3, 0.4) is 0 Å². The lowest BCUT2D eigenvalue weighted by atomic mass is 10.1. The standard InChI is InChI=1S/C21H23N3O6/c1-28-16-9-12(10-17(29-2)19(16)30-11-18(22)25)20(26)24-15-6-4-3-5-14(15)21(27)23-13-7-8-13/h3-6,9-10,13H,7-8,11H2,1-2H3,(H2,22,25)(H,23,27)(H,24,26). The first-order valence-corrected chi connectivity index (χ1v) is 9.31. The molecule has 1 aliphatic carbocycles.